The summed E-state index contributed by atoms with van der Waals surface area (Å²) >= 11 is 0. The number of ketones is 1. The van der Waals surface area contributed by atoms with Crippen LogP contribution in [0.5, 0.6) is 5.75 Å². The summed E-state index contributed by atoms with van der Waals surface area (Å²) in [6.45, 7) is 3.84. The topological polar surface area (TPSA) is 80.0 Å². The summed E-state index contributed by atoms with van der Waals surface area (Å²) in [7, 11) is 0. The molecule has 0 saturated carbocycles. The molecule has 1 atom stereocenters. The number of ether oxygens (including phenoxy) is 1. The van der Waals surface area contributed by atoms with Crippen molar-refractivity contribution in [2.75, 3.05) is 4.90 Å². The van der Waals surface area contributed by atoms with Crippen molar-refractivity contribution < 1.29 is 23.8 Å². The molecule has 0 aliphatic carbocycles. The van der Waals surface area contributed by atoms with Gasteiger partial charge in [0.25, 0.3) is 11.7 Å². The minimum atomic E-state index is -0.867. The van der Waals surface area contributed by atoms with Crippen molar-refractivity contribution in [2.45, 2.75) is 26.0 Å². The molecule has 1 amide bonds. The van der Waals surface area contributed by atoms with Gasteiger partial charge in [-0.05, 0) is 62.4 Å². The number of aliphatic hydroxyl groups is 1. The summed E-state index contributed by atoms with van der Waals surface area (Å²) in [4.78, 5) is 27.2. The van der Waals surface area contributed by atoms with E-state index in [2.05, 4.69) is 0 Å². The third-order valence-corrected chi connectivity index (χ3v) is 4.79. The van der Waals surface area contributed by atoms with E-state index >= 15 is 0 Å². The van der Waals surface area contributed by atoms with Gasteiger partial charge in [0.05, 0.1) is 17.9 Å². The SMILES string of the molecule is CC(C)Oc1ccc(/C(O)=C2/C(=O)C(=O)N(c3ccccc3)C2c2ccco2)cc1. The van der Waals surface area contributed by atoms with Crippen LogP contribution in [0.2, 0.25) is 0 Å². The number of carbonyl (C=O) groups excluding carboxylic acids is 2. The Kier molecular flexibility index (Phi) is 5.14. The Balaban J connectivity index is 1.82. The minimum Gasteiger partial charge on any atom is -0.507 e. The van der Waals surface area contributed by atoms with Gasteiger partial charge in [-0.1, -0.05) is 18.2 Å². The molecule has 1 aliphatic rings. The maximum absolute atomic E-state index is 12.9. The average molecular weight is 403 g/mol. The number of nitrogens with zero attached hydrogens (tertiary/aromatic N) is 1. The lowest BCUT2D eigenvalue weighted by molar-refractivity contribution is -0.132. The zero-order valence-corrected chi connectivity index (χ0v) is 16.6. The lowest BCUT2D eigenvalue weighted by Gasteiger charge is -2.23. The van der Waals surface area contributed by atoms with Crippen LogP contribution in [0.3, 0.4) is 0 Å². The standard InChI is InChI=1S/C24H21NO5/c1-15(2)30-18-12-10-16(11-13-18)22(26)20-21(19-9-6-14-29-19)25(24(28)23(20)27)17-7-4-3-5-8-17/h3-15,21,26H,1-2H3/b22-20-. The van der Waals surface area contributed by atoms with E-state index in [0.29, 0.717) is 22.8 Å². The first-order chi connectivity index (χ1) is 14.5. The average Bonchev–Trinajstić information content (AvgIpc) is 3.35. The fourth-order valence-electron chi connectivity index (χ4n) is 3.52. The molecule has 1 fully saturated rings. The number of hydrogen-bond acceptors (Lipinski definition) is 5. The second-order valence-corrected chi connectivity index (χ2v) is 7.21. The lowest BCUT2D eigenvalue weighted by Crippen LogP contribution is -2.29. The molecule has 2 heterocycles. The van der Waals surface area contributed by atoms with Crippen LogP contribution in [0.1, 0.15) is 31.2 Å². The van der Waals surface area contributed by atoms with Crippen molar-refractivity contribution in [3.63, 3.8) is 0 Å². The molecule has 0 radical (unpaired) electrons. The van der Waals surface area contributed by atoms with E-state index in [1.165, 1.54) is 11.2 Å². The fraction of sp³-hybridized carbons (Fsp3) is 0.167. The van der Waals surface area contributed by atoms with Crippen LogP contribution in [-0.2, 0) is 9.59 Å². The number of benzene rings is 2. The zero-order valence-electron chi connectivity index (χ0n) is 16.6. The number of rotatable bonds is 5. The summed E-state index contributed by atoms with van der Waals surface area (Å²) in [6, 6.07) is 18.1. The molecule has 6 nitrogen and oxygen atoms in total. The van der Waals surface area contributed by atoms with Gasteiger partial charge in [-0.2, -0.15) is 0 Å². The monoisotopic (exact) mass is 403 g/mol. The highest BCUT2D eigenvalue weighted by molar-refractivity contribution is 6.51. The van der Waals surface area contributed by atoms with Crippen molar-refractivity contribution in [2.24, 2.45) is 0 Å². The van der Waals surface area contributed by atoms with Gasteiger partial charge < -0.3 is 14.3 Å². The predicted molar refractivity (Wildman–Crippen MR) is 112 cm³/mol. The summed E-state index contributed by atoms with van der Waals surface area (Å²) in [5.74, 6) is -0.707. The molecule has 1 aromatic heterocycles. The Morgan fingerprint density at radius 3 is 2.30 bits per heavy atom. The van der Waals surface area contributed by atoms with Gasteiger partial charge in [0.2, 0.25) is 0 Å². The van der Waals surface area contributed by atoms with Crippen molar-refractivity contribution in [1.29, 1.82) is 0 Å². The highest BCUT2D eigenvalue weighted by Crippen LogP contribution is 2.42. The van der Waals surface area contributed by atoms with Crippen molar-refractivity contribution >= 4 is 23.1 Å². The van der Waals surface area contributed by atoms with Crippen LogP contribution < -0.4 is 9.64 Å². The third-order valence-electron chi connectivity index (χ3n) is 4.79. The minimum absolute atomic E-state index is 0.0135. The van der Waals surface area contributed by atoms with Crippen molar-refractivity contribution in [3.8, 4) is 5.75 Å². The quantitative estimate of drug-likeness (QED) is 0.380. The number of furan rings is 1. The Labute approximate surface area is 174 Å². The van der Waals surface area contributed by atoms with E-state index in [1.54, 1.807) is 60.7 Å². The maximum atomic E-state index is 12.9. The molecule has 1 saturated heterocycles. The Morgan fingerprint density at radius 1 is 1.00 bits per heavy atom. The summed E-state index contributed by atoms with van der Waals surface area (Å²) in [6.07, 6.45) is 1.48. The molecule has 152 valence electrons. The normalized spacial score (nSPS) is 18.2. The molecule has 1 N–H and O–H groups in total. The van der Waals surface area contributed by atoms with E-state index in [-0.39, 0.29) is 17.4 Å². The second kappa shape index (κ2) is 7.91. The fourth-order valence-corrected chi connectivity index (χ4v) is 3.52. The van der Waals surface area contributed by atoms with Gasteiger partial charge in [-0.3, -0.25) is 14.5 Å². The van der Waals surface area contributed by atoms with Crippen LogP contribution >= 0.6 is 0 Å². The third kappa shape index (κ3) is 3.48. The Bertz CT molecular complexity index is 1080. The molecule has 30 heavy (non-hydrogen) atoms. The number of amides is 1. The van der Waals surface area contributed by atoms with Gasteiger partial charge in [-0.15, -0.1) is 0 Å². The van der Waals surface area contributed by atoms with E-state index in [4.69, 9.17) is 9.15 Å². The molecule has 6 heteroatoms. The molecule has 3 aromatic rings. The highest BCUT2D eigenvalue weighted by atomic mass is 16.5. The van der Waals surface area contributed by atoms with Gasteiger partial charge in [0.1, 0.15) is 23.3 Å². The zero-order chi connectivity index (χ0) is 21.3. The summed E-state index contributed by atoms with van der Waals surface area (Å²) in [5.41, 5.74) is 0.936. The predicted octanol–water partition coefficient (Wildman–Crippen LogP) is 4.69. The molecule has 1 aliphatic heterocycles. The smallest absolute Gasteiger partial charge is 0.300 e. The first-order valence-corrected chi connectivity index (χ1v) is 9.64. The first-order valence-electron chi connectivity index (χ1n) is 9.64. The molecule has 4 rings (SSSR count). The molecule has 0 bridgehead atoms. The molecule has 2 aromatic carbocycles. The number of anilines is 1. The van der Waals surface area contributed by atoms with Gasteiger partial charge in [0.15, 0.2) is 0 Å². The number of carbonyl (C=O) groups is 2. The van der Waals surface area contributed by atoms with Crippen LogP contribution in [0, 0.1) is 0 Å². The summed E-state index contributed by atoms with van der Waals surface area (Å²) in [5, 5.41) is 11.0. The summed E-state index contributed by atoms with van der Waals surface area (Å²) < 4.78 is 11.2. The highest BCUT2D eigenvalue weighted by Gasteiger charge is 2.48. The van der Waals surface area contributed by atoms with Gasteiger partial charge in [0, 0.05) is 11.3 Å². The number of para-hydroxylation sites is 1. The number of aliphatic hydroxyl groups excluding tert-OH is 1. The number of hydrogen-bond donors (Lipinski definition) is 1. The Hall–Kier alpha value is -3.80. The van der Waals surface area contributed by atoms with Crippen LogP contribution in [0.4, 0.5) is 5.69 Å². The number of Topliss-reactive ketones (excluding diaryl/α,β-unsaturated/α-hetero) is 1. The van der Waals surface area contributed by atoms with E-state index in [0.717, 1.165) is 0 Å². The lowest BCUT2D eigenvalue weighted by atomic mass is 9.99. The van der Waals surface area contributed by atoms with Crippen LogP contribution in [0.25, 0.3) is 5.76 Å². The van der Waals surface area contributed by atoms with E-state index in [1.807, 2.05) is 19.9 Å². The Morgan fingerprint density at radius 2 is 1.70 bits per heavy atom. The van der Waals surface area contributed by atoms with Gasteiger partial charge in [-0.25, -0.2) is 0 Å². The van der Waals surface area contributed by atoms with Crippen LogP contribution in [-0.4, -0.2) is 22.9 Å². The van der Waals surface area contributed by atoms with Crippen LogP contribution in [0.15, 0.2) is 83.0 Å². The maximum Gasteiger partial charge on any atom is 0.300 e. The van der Waals surface area contributed by atoms with Gasteiger partial charge >= 0.3 is 0 Å². The molecule has 1 unspecified atom stereocenters. The van der Waals surface area contributed by atoms with Crippen molar-refractivity contribution in [1.82, 2.24) is 0 Å². The molecule has 0 spiro atoms. The molecular weight excluding hydrogens is 382 g/mol. The van der Waals surface area contributed by atoms with Crippen molar-refractivity contribution in [3.05, 3.63) is 89.9 Å². The largest absolute Gasteiger partial charge is 0.507 e. The first kappa shape index (κ1) is 19.5. The van der Waals surface area contributed by atoms with E-state index in [9.17, 15) is 14.7 Å². The van der Waals surface area contributed by atoms with E-state index < -0.39 is 17.7 Å². The second-order valence-electron chi connectivity index (χ2n) is 7.21. The molecular formula is C24H21NO5.